The Morgan fingerprint density at radius 2 is 2.05 bits per heavy atom. The van der Waals surface area contributed by atoms with Crippen LogP contribution in [0.4, 0.5) is 10.5 Å². The van der Waals surface area contributed by atoms with Crippen molar-refractivity contribution in [2.45, 2.75) is 13.3 Å². The first-order valence-corrected chi connectivity index (χ1v) is 6.73. The van der Waals surface area contributed by atoms with Crippen LogP contribution in [-0.4, -0.2) is 18.1 Å². The minimum atomic E-state index is -0.596. The van der Waals surface area contributed by atoms with Gasteiger partial charge in [-0.15, -0.1) is 4.91 Å². The zero-order valence-electron chi connectivity index (χ0n) is 12.1. The molecule has 0 spiro atoms. The zero-order valence-corrected chi connectivity index (χ0v) is 12.1. The Balaban J connectivity index is 2.29. The molecule has 1 atom stereocenters. The van der Waals surface area contributed by atoms with Crippen LogP contribution >= 0.6 is 0 Å². The Morgan fingerprint density at radius 1 is 1.33 bits per heavy atom. The fourth-order valence-electron chi connectivity index (χ4n) is 2.03. The summed E-state index contributed by atoms with van der Waals surface area (Å²) in [5.41, 5.74) is 4.34. The molecule has 6 heteroatoms. The van der Waals surface area contributed by atoms with E-state index in [1.165, 1.54) is 7.05 Å². The number of carbonyl (C=O) groups is 1. The topological polar surface area (TPSA) is 65.0 Å². The molecule has 0 bridgehead atoms. The predicted octanol–water partition coefficient (Wildman–Crippen LogP) is 3.21. The van der Waals surface area contributed by atoms with Gasteiger partial charge in [-0.05, 0) is 30.5 Å². The van der Waals surface area contributed by atoms with Gasteiger partial charge in [-0.1, -0.05) is 37.3 Å². The Hall–Kier alpha value is -2.63. The van der Waals surface area contributed by atoms with Gasteiger partial charge in [-0.25, -0.2) is 10.2 Å². The van der Waals surface area contributed by atoms with E-state index >= 15 is 0 Å². The number of carbonyl (C=O) groups excluding carboxylic acids is 1. The fourth-order valence-corrected chi connectivity index (χ4v) is 2.03. The number of amides is 2. The molecule has 1 aliphatic rings. The van der Waals surface area contributed by atoms with Crippen molar-refractivity contribution in [1.29, 1.82) is 0 Å². The number of hydrogen-bond donors (Lipinski definition) is 1. The first kappa shape index (κ1) is 14.8. The monoisotopic (exact) mass is 286 g/mol. The maximum Gasteiger partial charge on any atom is 0.359 e. The van der Waals surface area contributed by atoms with Gasteiger partial charge < -0.3 is 0 Å². The number of hydrazine groups is 1. The van der Waals surface area contributed by atoms with Crippen molar-refractivity contribution < 1.29 is 4.79 Å². The minimum absolute atomic E-state index is 0.384. The van der Waals surface area contributed by atoms with E-state index in [9.17, 15) is 9.70 Å². The first-order chi connectivity index (χ1) is 10.1. The molecule has 0 saturated carbocycles. The minimum Gasteiger partial charge on any atom is -0.253 e. The fraction of sp³-hybridized carbons (Fsp3) is 0.267. The number of nitrogens with one attached hydrogen (secondary N) is 1. The van der Waals surface area contributed by atoms with Gasteiger partial charge in [-0.2, -0.15) is 5.01 Å². The molecular formula is C15H18N4O2. The number of nitrogens with zero attached hydrogens (tertiary/aromatic N) is 3. The molecule has 0 aromatic heterocycles. The van der Waals surface area contributed by atoms with Crippen molar-refractivity contribution in [1.82, 2.24) is 10.4 Å². The number of para-hydroxylation sites is 1. The summed E-state index contributed by atoms with van der Waals surface area (Å²) in [6, 6.07) is 8.82. The van der Waals surface area contributed by atoms with Crippen LogP contribution in [0.15, 0.2) is 59.5 Å². The van der Waals surface area contributed by atoms with E-state index in [0.717, 1.165) is 17.8 Å². The van der Waals surface area contributed by atoms with Gasteiger partial charge in [0.05, 0.1) is 16.7 Å². The molecule has 2 amide bonds. The van der Waals surface area contributed by atoms with Crippen LogP contribution in [-0.2, 0) is 0 Å². The van der Waals surface area contributed by atoms with E-state index in [-0.39, 0.29) is 0 Å². The molecule has 0 radical (unpaired) electrons. The van der Waals surface area contributed by atoms with Gasteiger partial charge in [0.25, 0.3) is 0 Å². The van der Waals surface area contributed by atoms with Gasteiger partial charge >= 0.3 is 6.03 Å². The van der Waals surface area contributed by atoms with Gasteiger partial charge in [-0.3, -0.25) is 5.01 Å². The van der Waals surface area contributed by atoms with Crippen LogP contribution < -0.4 is 10.4 Å². The highest BCUT2D eigenvalue weighted by Crippen LogP contribution is 2.23. The van der Waals surface area contributed by atoms with E-state index in [1.54, 1.807) is 5.01 Å². The second kappa shape index (κ2) is 6.69. The summed E-state index contributed by atoms with van der Waals surface area (Å²) < 4.78 is 0. The summed E-state index contributed by atoms with van der Waals surface area (Å²) in [7, 11) is 1.30. The summed E-state index contributed by atoms with van der Waals surface area (Å²) >= 11 is 0. The van der Waals surface area contributed by atoms with Crippen molar-refractivity contribution in [2.75, 3.05) is 12.1 Å². The summed E-state index contributed by atoms with van der Waals surface area (Å²) in [6.45, 7) is 2.10. The van der Waals surface area contributed by atoms with Crippen molar-refractivity contribution in [3.8, 4) is 0 Å². The lowest BCUT2D eigenvalue weighted by Gasteiger charge is -2.29. The molecule has 0 saturated heterocycles. The molecule has 0 heterocycles. The molecule has 2 rings (SSSR count). The second-order valence-electron chi connectivity index (χ2n) is 4.90. The predicted molar refractivity (Wildman–Crippen MR) is 82.0 cm³/mol. The van der Waals surface area contributed by atoms with Crippen LogP contribution in [0, 0.1) is 10.8 Å². The van der Waals surface area contributed by atoms with Crippen LogP contribution in [0.2, 0.25) is 0 Å². The number of nitroso groups, excluding NO2 is 1. The van der Waals surface area contributed by atoms with Crippen LogP contribution in [0.5, 0.6) is 0 Å². The van der Waals surface area contributed by atoms with Crippen molar-refractivity contribution in [3.63, 3.8) is 0 Å². The summed E-state index contributed by atoms with van der Waals surface area (Å²) in [6.07, 6.45) is 7.04. The lowest BCUT2D eigenvalue weighted by molar-refractivity contribution is 0.210. The second-order valence-corrected chi connectivity index (χ2v) is 4.90. The SMILES string of the molecule is CC1C=C(N(NC(=O)N(C)N=O)c2ccccc2)C=CC1. The Labute approximate surface area is 123 Å². The van der Waals surface area contributed by atoms with Crippen molar-refractivity contribution >= 4 is 11.7 Å². The molecule has 110 valence electrons. The summed E-state index contributed by atoms with van der Waals surface area (Å²) in [4.78, 5) is 22.4. The number of urea groups is 1. The Bertz CT molecular complexity index is 568. The molecule has 1 aliphatic carbocycles. The van der Waals surface area contributed by atoms with Crippen LogP contribution in [0.3, 0.4) is 0 Å². The third-order valence-corrected chi connectivity index (χ3v) is 3.15. The maximum absolute atomic E-state index is 11.9. The molecule has 1 aromatic carbocycles. The van der Waals surface area contributed by atoms with Crippen LogP contribution in [0.25, 0.3) is 0 Å². The number of anilines is 1. The maximum atomic E-state index is 11.9. The first-order valence-electron chi connectivity index (χ1n) is 6.73. The smallest absolute Gasteiger partial charge is 0.253 e. The van der Waals surface area contributed by atoms with Gasteiger partial charge in [0, 0.05) is 7.05 Å². The lowest BCUT2D eigenvalue weighted by atomic mass is 10.0. The van der Waals surface area contributed by atoms with Gasteiger partial charge in [0.1, 0.15) is 0 Å². The Morgan fingerprint density at radius 3 is 2.67 bits per heavy atom. The van der Waals surface area contributed by atoms with Gasteiger partial charge in [0.2, 0.25) is 0 Å². The molecule has 1 aromatic rings. The molecule has 1 N–H and O–H groups in total. The summed E-state index contributed by atoms with van der Waals surface area (Å²) in [5.74, 6) is 0.384. The largest absolute Gasteiger partial charge is 0.359 e. The van der Waals surface area contributed by atoms with E-state index < -0.39 is 6.03 Å². The zero-order chi connectivity index (χ0) is 15.2. The van der Waals surface area contributed by atoms with E-state index in [0.29, 0.717) is 10.9 Å². The highest BCUT2D eigenvalue weighted by atomic mass is 16.3. The van der Waals surface area contributed by atoms with Crippen LogP contribution in [0.1, 0.15) is 13.3 Å². The third kappa shape index (κ3) is 3.68. The number of hydrogen-bond acceptors (Lipinski definition) is 4. The molecule has 21 heavy (non-hydrogen) atoms. The van der Waals surface area contributed by atoms with Crippen molar-refractivity contribution in [2.24, 2.45) is 11.2 Å². The molecule has 1 unspecified atom stereocenters. The van der Waals surface area contributed by atoms with E-state index in [2.05, 4.69) is 29.8 Å². The van der Waals surface area contributed by atoms with E-state index in [1.807, 2.05) is 36.4 Å². The standard InChI is InChI=1S/C15H18N4O2/c1-12-7-6-10-14(11-12)19(13-8-4-3-5-9-13)16-15(20)18(2)17-21/h3-6,8-12H,7H2,1-2H3,(H,16,20). The third-order valence-electron chi connectivity index (χ3n) is 3.15. The van der Waals surface area contributed by atoms with E-state index in [4.69, 9.17) is 0 Å². The number of benzene rings is 1. The highest BCUT2D eigenvalue weighted by molar-refractivity contribution is 5.77. The van der Waals surface area contributed by atoms with Crippen molar-refractivity contribution in [3.05, 3.63) is 59.2 Å². The number of allylic oxidation sites excluding steroid dienone is 3. The van der Waals surface area contributed by atoms with Gasteiger partial charge in [0.15, 0.2) is 0 Å². The normalized spacial score (nSPS) is 16.9. The molecule has 6 nitrogen and oxygen atoms in total. The Kier molecular flexibility index (Phi) is 4.71. The lowest BCUT2D eigenvalue weighted by Crippen LogP contribution is -2.46. The average molecular weight is 286 g/mol. The molecule has 0 fully saturated rings. The molecule has 0 aliphatic heterocycles. The average Bonchev–Trinajstić information content (AvgIpc) is 2.52. The quantitative estimate of drug-likeness (QED) is 0.682. The highest BCUT2D eigenvalue weighted by Gasteiger charge is 2.18. The molecular weight excluding hydrogens is 268 g/mol. The number of rotatable bonds is 4. The summed E-state index contributed by atoms with van der Waals surface area (Å²) in [5, 5.41) is 4.97.